The molecule has 0 aromatic heterocycles. The Labute approximate surface area is 46.5 Å². The molecule has 4 nitrogen and oxygen atoms in total. The maximum absolute atomic E-state index is 10.2. The van der Waals surface area contributed by atoms with E-state index >= 15 is 0 Å². The van der Waals surface area contributed by atoms with Crippen molar-refractivity contribution in [2.75, 3.05) is 6.54 Å². The fourth-order valence-corrected chi connectivity index (χ4v) is 0.196. The smallest absolute Gasteiger partial charge is 0.214 e. The van der Waals surface area contributed by atoms with Crippen LogP contribution in [0.4, 0.5) is 0 Å². The van der Waals surface area contributed by atoms with Gasteiger partial charge < -0.3 is 5.21 Å². The van der Waals surface area contributed by atoms with Crippen LogP contribution in [0, 0.1) is 0 Å². The van der Waals surface area contributed by atoms with Crippen LogP contribution in [-0.4, -0.2) is 23.3 Å². The van der Waals surface area contributed by atoms with Crippen molar-refractivity contribution in [3.63, 3.8) is 0 Å². The third kappa shape index (κ3) is 2.44. The van der Waals surface area contributed by atoms with E-state index in [4.69, 9.17) is 5.21 Å². The van der Waals surface area contributed by atoms with Gasteiger partial charge in [0.05, 0.1) is 6.54 Å². The summed E-state index contributed by atoms with van der Waals surface area (Å²) in [6.45, 7) is 0.856. The molecule has 0 saturated heterocycles. The number of carbonyl (C=O) groups is 2. The molecule has 0 aromatic rings. The van der Waals surface area contributed by atoms with E-state index in [2.05, 4.69) is 0 Å². The van der Waals surface area contributed by atoms with Gasteiger partial charge in [0.25, 0.3) is 0 Å². The SMILES string of the molecule is CC(=O)C(=O)CNO. The van der Waals surface area contributed by atoms with Gasteiger partial charge in [-0.25, -0.2) is 0 Å². The van der Waals surface area contributed by atoms with Crippen molar-refractivity contribution in [3.8, 4) is 0 Å². The molecule has 0 unspecified atom stereocenters. The predicted octanol–water partition coefficient (Wildman–Crippen LogP) is -0.877. The highest BCUT2D eigenvalue weighted by atomic mass is 16.5. The molecule has 0 amide bonds. The van der Waals surface area contributed by atoms with Gasteiger partial charge in [0.2, 0.25) is 5.78 Å². The molecular formula is C4H7NO3. The highest BCUT2D eigenvalue weighted by molar-refractivity contribution is 6.37. The topological polar surface area (TPSA) is 66.4 Å². The van der Waals surface area contributed by atoms with E-state index in [9.17, 15) is 9.59 Å². The Bertz CT molecular complexity index is 110. The lowest BCUT2D eigenvalue weighted by atomic mass is 10.3. The van der Waals surface area contributed by atoms with Crippen LogP contribution in [0.1, 0.15) is 6.92 Å². The lowest BCUT2D eigenvalue weighted by molar-refractivity contribution is -0.135. The van der Waals surface area contributed by atoms with Crippen LogP contribution in [0.3, 0.4) is 0 Å². The zero-order valence-electron chi connectivity index (χ0n) is 4.47. The fraction of sp³-hybridized carbons (Fsp3) is 0.500. The van der Waals surface area contributed by atoms with Crippen molar-refractivity contribution in [1.82, 2.24) is 5.48 Å². The fourth-order valence-electron chi connectivity index (χ4n) is 0.196. The maximum Gasteiger partial charge on any atom is 0.214 e. The molecule has 0 aliphatic heterocycles. The number of carbonyl (C=O) groups excluding carboxylic acids is 2. The van der Waals surface area contributed by atoms with Crippen molar-refractivity contribution in [1.29, 1.82) is 0 Å². The van der Waals surface area contributed by atoms with Crippen molar-refractivity contribution < 1.29 is 14.8 Å². The molecule has 2 N–H and O–H groups in total. The average Bonchev–Trinajstić information content (AvgIpc) is 1.67. The molecule has 0 spiro atoms. The van der Waals surface area contributed by atoms with Gasteiger partial charge in [-0.15, -0.1) is 0 Å². The molecule has 0 aliphatic carbocycles. The lowest BCUT2D eigenvalue weighted by Crippen LogP contribution is -2.24. The Morgan fingerprint density at radius 1 is 1.62 bits per heavy atom. The van der Waals surface area contributed by atoms with Crippen LogP contribution < -0.4 is 5.48 Å². The number of Topliss-reactive ketones (excluding diaryl/α,β-unsaturated/α-hetero) is 2. The molecule has 0 radical (unpaired) electrons. The molecule has 8 heavy (non-hydrogen) atoms. The first-order valence-corrected chi connectivity index (χ1v) is 2.09. The first-order valence-electron chi connectivity index (χ1n) is 2.09. The van der Waals surface area contributed by atoms with E-state index in [0.717, 1.165) is 6.92 Å². The number of hydrogen-bond donors (Lipinski definition) is 2. The number of hydroxylamine groups is 1. The second-order valence-electron chi connectivity index (χ2n) is 1.31. The van der Waals surface area contributed by atoms with Crippen LogP contribution in [0.5, 0.6) is 0 Å². The van der Waals surface area contributed by atoms with Crippen LogP contribution in [0.15, 0.2) is 0 Å². The first kappa shape index (κ1) is 7.26. The molecule has 0 atom stereocenters. The largest absolute Gasteiger partial charge is 0.316 e. The van der Waals surface area contributed by atoms with Gasteiger partial charge in [0.15, 0.2) is 5.78 Å². The van der Waals surface area contributed by atoms with Gasteiger partial charge in [-0.1, -0.05) is 0 Å². The molecule has 0 saturated carbocycles. The van der Waals surface area contributed by atoms with Gasteiger partial charge in [-0.05, 0) is 0 Å². The van der Waals surface area contributed by atoms with E-state index in [-0.39, 0.29) is 6.54 Å². The monoisotopic (exact) mass is 117 g/mol. The normalized spacial score (nSPS) is 8.75. The average molecular weight is 117 g/mol. The molecule has 0 rings (SSSR count). The number of ketones is 2. The Balaban J connectivity index is 3.49. The van der Waals surface area contributed by atoms with E-state index in [1.54, 1.807) is 5.48 Å². The number of rotatable bonds is 3. The zero-order valence-corrected chi connectivity index (χ0v) is 4.47. The van der Waals surface area contributed by atoms with Gasteiger partial charge >= 0.3 is 0 Å². The summed E-state index contributed by atoms with van der Waals surface area (Å²) in [6.07, 6.45) is 0. The van der Waals surface area contributed by atoms with Gasteiger partial charge in [-0.3, -0.25) is 9.59 Å². The molecule has 0 fully saturated rings. The number of nitrogens with one attached hydrogen (secondary N) is 1. The zero-order chi connectivity index (χ0) is 6.57. The summed E-state index contributed by atoms with van der Waals surface area (Å²) in [5.74, 6) is -1.17. The van der Waals surface area contributed by atoms with Crippen LogP contribution >= 0.6 is 0 Å². The quantitative estimate of drug-likeness (QED) is 0.372. The van der Waals surface area contributed by atoms with Gasteiger partial charge in [-0.2, -0.15) is 5.48 Å². The molecule has 46 valence electrons. The third-order valence-electron chi connectivity index (χ3n) is 0.632. The summed E-state index contributed by atoms with van der Waals surface area (Å²) < 4.78 is 0. The Hall–Kier alpha value is -0.740. The highest BCUT2D eigenvalue weighted by Gasteiger charge is 2.04. The minimum Gasteiger partial charge on any atom is -0.316 e. The van der Waals surface area contributed by atoms with E-state index in [0.29, 0.717) is 0 Å². The summed E-state index contributed by atoms with van der Waals surface area (Å²) in [7, 11) is 0. The van der Waals surface area contributed by atoms with Crippen molar-refractivity contribution in [2.45, 2.75) is 6.92 Å². The molecular weight excluding hydrogens is 110 g/mol. The minimum absolute atomic E-state index is 0.296. The van der Waals surface area contributed by atoms with Crippen molar-refractivity contribution in [2.24, 2.45) is 0 Å². The van der Waals surface area contributed by atoms with E-state index in [1.807, 2.05) is 0 Å². The third-order valence-corrected chi connectivity index (χ3v) is 0.632. The number of hydrogen-bond acceptors (Lipinski definition) is 4. The Morgan fingerprint density at radius 2 is 2.12 bits per heavy atom. The van der Waals surface area contributed by atoms with E-state index in [1.165, 1.54) is 0 Å². The second kappa shape index (κ2) is 3.29. The van der Waals surface area contributed by atoms with Crippen molar-refractivity contribution >= 4 is 11.6 Å². The van der Waals surface area contributed by atoms with E-state index < -0.39 is 11.6 Å². The van der Waals surface area contributed by atoms with Gasteiger partial charge in [0.1, 0.15) is 0 Å². The standard InChI is InChI=1S/C4H7NO3/c1-3(6)4(7)2-5-8/h5,8H,2H2,1H3. The van der Waals surface area contributed by atoms with Gasteiger partial charge in [0, 0.05) is 6.92 Å². The first-order chi connectivity index (χ1) is 3.68. The van der Waals surface area contributed by atoms with Crippen molar-refractivity contribution in [3.05, 3.63) is 0 Å². The van der Waals surface area contributed by atoms with Crippen LogP contribution in [0.25, 0.3) is 0 Å². The molecule has 0 aliphatic rings. The lowest BCUT2D eigenvalue weighted by Gasteiger charge is -1.88. The molecule has 0 heterocycles. The predicted molar refractivity (Wildman–Crippen MR) is 25.5 cm³/mol. The second-order valence-corrected chi connectivity index (χ2v) is 1.31. The summed E-state index contributed by atoms with van der Waals surface area (Å²) in [5.41, 5.74) is 1.58. The summed E-state index contributed by atoms with van der Waals surface area (Å²) in [5, 5.41) is 7.86. The molecule has 0 bridgehead atoms. The minimum atomic E-state index is -0.618. The summed E-state index contributed by atoms with van der Waals surface area (Å²) in [4.78, 5) is 20.2. The maximum atomic E-state index is 10.2. The Morgan fingerprint density at radius 3 is 2.25 bits per heavy atom. The molecule has 0 aromatic carbocycles. The summed E-state index contributed by atoms with van der Waals surface area (Å²) in [6, 6.07) is 0. The highest BCUT2D eigenvalue weighted by Crippen LogP contribution is 1.69. The Kier molecular flexibility index (Phi) is 2.98. The summed E-state index contributed by atoms with van der Waals surface area (Å²) >= 11 is 0. The van der Waals surface area contributed by atoms with Crippen LogP contribution in [0.2, 0.25) is 0 Å². The van der Waals surface area contributed by atoms with Crippen LogP contribution in [-0.2, 0) is 9.59 Å². The molecule has 4 heteroatoms.